The molecule has 0 unspecified atom stereocenters. The molecule has 0 spiro atoms. The van der Waals surface area contributed by atoms with Gasteiger partial charge in [0.25, 0.3) is 0 Å². The van der Waals surface area contributed by atoms with Gasteiger partial charge in [0.15, 0.2) is 0 Å². The summed E-state index contributed by atoms with van der Waals surface area (Å²) in [5, 5.41) is 3.17. The highest BCUT2D eigenvalue weighted by molar-refractivity contribution is 5.93. The second kappa shape index (κ2) is 8.39. The Morgan fingerprint density at radius 2 is 2.15 bits per heavy atom. The van der Waals surface area contributed by atoms with Gasteiger partial charge < -0.3 is 15.0 Å². The van der Waals surface area contributed by atoms with E-state index >= 15 is 0 Å². The fraction of sp³-hybridized carbons (Fsp3) is 0.500. The number of methoxy groups -OCH3 is 1. The lowest BCUT2D eigenvalue weighted by Gasteiger charge is -2.18. The van der Waals surface area contributed by atoms with Crippen molar-refractivity contribution in [1.29, 1.82) is 0 Å². The van der Waals surface area contributed by atoms with Gasteiger partial charge in [-0.3, -0.25) is 10.4 Å². The first kappa shape index (κ1) is 16.3. The summed E-state index contributed by atoms with van der Waals surface area (Å²) in [5.41, 5.74) is 5.90. The largest absolute Gasteiger partial charge is 0.385 e. The van der Waals surface area contributed by atoms with E-state index in [1.165, 1.54) is 5.56 Å². The molecule has 1 aromatic rings. The summed E-state index contributed by atoms with van der Waals surface area (Å²) in [6.07, 6.45) is 0.861. The minimum absolute atomic E-state index is 0.551. The SMILES string of the molecule is COCCCN=C(NN)Nc1ccc(C)c(N(C)C)c1. The van der Waals surface area contributed by atoms with Crippen molar-refractivity contribution in [2.24, 2.45) is 10.8 Å². The average molecular weight is 279 g/mol. The first-order valence-electron chi connectivity index (χ1n) is 6.63. The molecule has 0 bridgehead atoms. The van der Waals surface area contributed by atoms with Crippen LogP contribution in [0.4, 0.5) is 11.4 Å². The van der Waals surface area contributed by atoms with Crippen LogP contribution in [0.1, 0.15) is 12.0 Å². The number of nitrogens with two attached hydrogens (primary N) is 1. The zero-order chi connectivity index (χ0) is 15.0. The van der Waals surface area contributed by atoms with Gasteiger partial charge in [0.05, 0.1) is 0 Å². The van der Waals surface area contributed by atoms with Gasteiger partial charge >= 0.3 is 0 Å². The van der Waals surface area contributed by atoms with Gasteiger partial charge in [-0.1, -0.05) is 6.07 Å². The van der Waals surface area contributed by atoms with Crippen LogP contribution < -0.4 is 21.5 Å². The molecule has 0 heterocycles. The van der Waals surface area contributed by atoms with E-state index in [4.69, 9.17) is 10.6 Å². The summed E-state index contributed by atoms with van der Waals surface area (Å²) < 4.78 is 4.98. The number of rotatable bonds is 6. The first-order valence-corrected chi connectivity index (χ1v) is 6.63. The number of hydrogen-bond acceptors (Lipinski definition) is 4. The van der Waals surface area contributed by atoms with Crippen molar-refractivity contribution in [2.75, 3.05) is 44.6 Å². The maximum absolute atomic E-state index is 5.48. The maximum atomic E-state index is 5.48. The molecule has 0 saturated carbocycles. The molecule has 1 aromatic carbocycles. The molecule has 0 aliphatic rings. The standard InChI is InChI=1S/C14H25N5O/c1-11-6-7-12(10-13(11)19(2)3)17-14(18-15)16-8-5-9-20-4/h6-7,10H,5,8-9,15H2,1-4H3,(H2,16,17,18). The number of hydrazine groups is 1. The van der Waals surface area contributed by atoms with E-state index in [2.05, 4.69) is 39.7 Å². The van der Waals surface area contributed by atoms with Crippen molar-refractivity contribution in [3.05, 3.63) is 23.8 Å². The van der Waals surface area contributed by atoms with Gasteiger partial charge in [-0.25, -0.2) is 5.84 Å². The van der Waals surface area contributed by atoms with Crippen LogP contribution in [0, 0.1) is 6.92 Å². The third kappa shape index (κ3) is 5.07. The van der Waals surface area contributed by atoms with Gasteiger partial charge in [-0.15, -0.1) is 0 Å². The fourth-order valence-corrected chi connectivity index (χ4v) is 1.83. The molecule has 0 amide bonds. The van der Waals surface area contributed by atoms with Crippen LogP contribution in [0.25, 0.3) is 0 Å². The lowest BCUT2D eigenvalue weighted by molar-refractivity contribution is 0.197. The van der Waals surface area contributed by atoms with E-state index in [0.29, 0.717) is 19.1 Å². The number of nitrogens with one attached hydrogen (secondary N) is 2. The van der Waals surface area contributed by atoms with Crippen LogP contribution >= 0.6 is 0 Å². The lowest BCUT2D eigenvalue weighted by atomic mass is 10.1. The molecule has 0 radical (unpaired) electrons. The number of aliphatic imine (C=N–C) groups is 1. The van der Waals surface area contributed by atoms with Crippen molar-refractivity contribution in [3.63, 3.8) is 0 Å². The quantitative estimate of drug-likeness (QED) is 0.241. The van der Waals surface area contributed by atoms with Gasteiger partial charge in [0.1, 0.15) is 0 Å². The normalized spacial score (nSPS) is 11.3. The maximum Gasteiger partial charge on any atom is 0.210 e. The number of benzene rings is 1. The summed E-state index contributed by atoms with van der Waals surface area (Å²) >= 11 is 0. The molecule has 0 aliphatic heterocycles. The highest BCUT2D eigenvalue weighted by Crippen LogP contribution is 2.22. The molecule has 112 valence electrons. The van der Waals surface area contributed by atoms with Crippen molar-refractivity contribution in [2.45, 2.75) is 13.3 Å². The lowest BCUT2D eigenvalue weighted by Crippen LogP contribution is -2.36. The number of nitrogens with zero attached hydrogens (tertiary/aromatic N) is 2. The summed E-state index contributed by atoms with van der Waals surface area (Å²) in [6, 6.07) is 6.14. The number of guanidine groups is 1. The third-order valence-electron chi connectivity index (χ3n) is 2.87. The molecular weight excluding hydrogens is 254 g/mol. The summed E-state index contributed by atoms with van der Waals surface area (Å²) in [4.78, 5) is 6.42. The smallest absolute Gasteiger partial charge is 0.210 e. The number of hydrogen-bond donors (Lipinski definition) is 3. The molecule has 0 aliphatic carbocycles. The van der Waals surface area contributed by atoms with Crippen molar-refractivity contribution < 1.29 is 4.74 Å². The van der Waals surface area contributed by atoms with Gasteiger partial charge in [-0.05, 0) is 31.0 Å². The monoisotopic (exact) mass is 279 g/mol. The van der Waals surface area contributed by atoms with Crippen molar-refractivity contribution in [3.8, 4) is 0 Å². The summed E-state index contributed by atoms with van der Waals surface area (Å²) in [7, 11) is 5.72. The Bertz CT molecular complexity index is 445. The van der Waals surface area contributed by atoms with E-state index in [-0.39, 0.29) is 0 Å². The number of anilines is 2. The Morgan fingerprint density at radius 1 is 1.40 bits per heavy atom. The van der Waals surface area contributed by atoms with Crippen LogP contribution in [-0.2, 0) is 4.74 Å². The molecule has 4 N–H and O–H groups in total. The van der Waals surface area contributed by atoms with E-state index in [9.17, 15) is 0 Å². The highest BCUT2D eigenvalue weighted by Gasteiger charge is 2.04. The van der Waals surface area contributed by atoms with E-state index in [1.807, 2.05) is 20.2 Å². The van der Waals surface area contributed by atoms with E-state index in [0.717, 1.165) is 17.8 Å². The Kier molecular flexibility index (Phi) is 6.83. The van der Waals surface area contributed by atoms with Gasteiger partial charge in [-0.2, -0.15) is 0 Å². The molecular formula is C14H25N5O. The Morgan fingerprint density at radius 3 is 2.75 bits per heavy atom. The zero-order valence-electron chi connectivity index (χ0n) is 12.7. The predicted molar refractivity (Wildman–Crippen MR) is 85.2 cm³/mol. The predicted octanol–water partition coefficient (Wildman–Crippen LogP) is 1.33. The summed E-state index contributed by atoms with van der Waals surface area (Å²) in [5.74, 6) is 6.03. The first-order chi connectivity index (χ1) is 9.58. The van der Waals surface area contributed by atoms with Crippen LogP contribution in [-0.4, -0.2) is 40.3 Å². The van der Waals surface area contributed by atoms with E-state index in [1.54, 1.807) is 7.11 Å². The Hall–Kier alpha value is -1.79. The Balaban J connectivity index is 2.72. The molecule has 0 aromatic heterocycles. The second-order valence-electron chi connectivity index (χ2n) is 4.74. The molecule has 0 atom stereocenters. The van der Waals surface area contributed by atoms with Crippen LogP contribution in [0.5, 0.6) is 0 Å². The molecule has 6 heteroatoms. The third-order valence-corrected chi connectivity index (χ3v) is 2.87. The van der Waals surface area contributed by atoms with Crippen LogP contribution in [0.3, 0.4) is 0 Å². The van der Waals surface area contributed by atoms with Crippen molar-refractivity contribution >= 4 is 17.3 Å². The highest BCUT2D eigenvalue weighted by atomic mass is 16.5. The molecule has 20 heavy (non-hydrogen) atoms. The van der Waals surface area contributed by atoms with Crippen LogP contribution in [0.15, 0.2) is 23.2 Å². The second-order valence-corrected chi connectivity index (χ2v) is 4.74. The number of aryl methyl sites for hydroxylation is 1. The topological polar surface area (TPSA) is 74.9 Å². The van der Waals surface area contributed by atoms with Gasteiger partial charge in [0, 0.05) is 45.7 Å². The molecule has 0 fully saturated rings. The fourth-order valence-electron chi connectivity index (χ4n) is 1.83. The molecule has 6 nitrogen and oxygen atoms in total. The van der Waals surface area contributed by atoms with Gasteiger partial charge in [0.2, 0.25) is 5.96 Å². The minimum atomic E-state index is 0.551. The molecule has 1 rings (SSSR count). The zero-order valence-corrected chi connectivity index (χ0v) is 12.7. The Labute approximate surface area is 121 Å². The van der Waals surface area contributed by atoms with Crippen LogP contribution in [0.2, 0.25) is 0 Å². The molecule has 0 saturated heterocycles. The van der Waals surface area contributed by atoms with Crippen molar-refractivity contribution in [1.82, 2.24) is 5.43 Å². The average Bonchev–Trinajstić information content (AvgIpc) is 2.43. The minimum Gasteiger partial charge on any atom is -0.385 e. The van der Waals surface area contributed by atoms with E-state index < -0.39 is 0 Å². The summed E-state index contributed by atoms with van der Waals surface area (Å²) in [6.45, 7) is 3.43. The number of ether oxygens (including phenoxy) is 1.